The van der Waals surface area contributed by atoms with Gasteiger partial charge in [-0.25, -0.2) is 14.2 Å². The van der Waals surface area contributed by atoms with Gasteiger partial charge >= 0.3 is 6.09 Å². The Morgan fingerprint density at radius 1 is 1.03 bits per heavy atom. The topological polar surface area (TPSA) is 111 Å². The van der Waals surface area contributed by atoms with Crippen LogP contribution in [0.25, 0.3) is 0 Å². The van der Waals surface area contributed by atoms with E-state index in [4.69, 9.17) is 16.3 Å². The van der Waals surface area contributed by atoms with Crippen molar-refractivity contribution < 1.29 is 14.6 Å². The van der Waals surface area contributed by atoms with Crippen molar-refractivity contribution in [2.24, 2.45) is 0 Å². The van der Waals surface area contributed by atoms with Crippen LogP contribution in [0.2, 0.25) is 5.02 Å². The SMILES string of the molecule is COc1ccc(Cn2cc(CC(c3cn(Cc4ccccc4Cl)nn3)N(C(=O)O)C3CCCCC3)nn2)cc1. The largest absolute Gasteiger partial charge is 0.497 e. The predicted octanol–water partition coefficient (Wildman–Crippen LogP) is 5.22. The summed E-state index contributed by atoms with van der Waals surface area (Å²) in [5.74, 6) is 0.792. The van der Waals surface area contributed by atoms with E-state index in [1.165, 1.54) is 0 Å². The van der Waals surface area contributed by atoms with Gasteiger partial charge in [0.2, 0.25) is 0 Å². The van der Waals surface area contributed by atoms with Gasteiger partial charge in [-0.2, -0.15) is 0 Å². The minimum atomic E-state index is -0.960. The Bertz CT molecular complexity index is 1380. The second-order valence-electron chi connectivity index (χ2n) is 9.89. The van der Waals surface area contributed by atoms with Crippen LogP contribution in [-0.4, -0.2) is 59.2 Å². The zero-order valence-electron chi connectivity index (χ0n) is 21.9. The van der Waals surface area contributed by atoms with Gasteiger partial charge in [-0.15, -0.1) is 10.2 Å². The fourth-order valence-electron chi connectivity index (χ4n) is 5.22. The molecule has 1 unspecified atom stereocenters. The molecule has 1 aliphatic carbocycles. The van der Waals surface area contributed by atoms with Gasteiger partial charge in [0.05, 0.1) is 38.1 Å². The Kier molecular flexibility index (Phi) is 8.41. The predicted molar refractivity (Wildman–Crippen MR) is 146 cm³/mol. The number of hydrogen-bond donors (Lipinski definition) is 1. The van der Waals surface area contributed by atoms with E-state index in [-0.39, 0.29) is 6.04 Å². The number of ether oxygens (including phenoxy) is 1. The van der Waals surface area contributed by atoms with Crippen LogP contribution in [0.1, 0.15) is 60.7 Å². The van der Waals surface area contributed by atoms with Crippen LogP contribution in [0.3, 0.4) is 0 Å². The lowest BCUT2D eigenvalue weighted by molar-refractivity contribution is 0.0814. The molecule has 1 N–H and O–H groups in total. The Hall–Kier alpha value is -3.92. The molecule has 10 nitrogen and oxygen atoms in total. The molecule has 1 fully saturated rings. The van der Waals surface area contributed by atoms with Crippen molar-refractivity contribution >= 4 is 17.7 Å². The monoisotopic (exact) mass is 549 g/mol. The standard InChI is InChI=1S/C28H32ClN7O3/c1-39-24-13-11-20(12-14-24)16-34-18-22(30-32-34)15-27(36(28(37)38)23-8-3-2-4-9-23)26-19-35(33-31-26)17-21-7-5-6-10-25(21)29/h5-7,10-14,18-19,23,27H,2-4,8-9,15-17H2,1H3,(H,37,38). The summed E-state index contributed by atoms with van der Waals surface area (Å²) in [6.45, 7) is 0.981. The fraction of sp³-hybridized carbons (Fsp3) is 0.393. The van der Waals surface area contributed by atoms with E-state index in [9.17, 15) is 9.90 Å². The van der Waals surface area contributed by atoms with Gasteiger partial charge in [0.1, 0.15) is 11.4 Å². The van der Waals surface area contributed by atoms with Gasteiger partial charge in [0.15, 0.2) is 0 Å². The number of halogens is 1. The van der Waals surface area contributed by atoms with Gasteiger partial charge in [0, 0.05) is 23.7 Å². The summed E-state index contributed by atoms with van der Waals surface area (Å²) in [7, 11) is 1.64. The maximum absolute atomic E-state index is 12.6. The Morgan fingerprint density at radius 2 is 1.74 bits per heavy atom. The van der Waals surface area contributed by atoms with Crippen LogP contribution in [0.5, 0.6) is 5.75 Å². The number of aromatic nitrogens is 6. The van der Waals surface area contributed by atoms with Crippen molar-refractivity contribution in [3.05, 3.63) is 88.5 Å². The van der Waals surface area contributed by atoms with E-state index in [2.05, 4.69) is 20.6 Å². The lowest BCUT2D eigenvalue weighted by atomic mass is 9.92. The molecule has 0 radical (unpaired) electrons. The van der Waals surface area contributed by atoms with Crippen LogP contribution in [0.4, 0.5) is 4.79 Å². The van der Waals surface area contributed by atoms with Gasteiger partial charge in [-0.3, -0.25) is 4.90 Å². The summed E-state index contributed by atoms with van der Waals surface area (Å²) in [4.78, 5) is 14.2. The molecule has 1 atom stereocenters. The highest BCUT2D eigenvalue weighted by atomic mass is 35.5. The van der Waals surface area contributed by atoms with E-state index < -0.39 is 12.1 Å². The molecule has 0 saturated heterocycles. The number of carbonyl (C=O) groups is 1. The first-order valence-corrected chi connectivity index (χ1v) is 13.5. The van der Waals surface area contributed by atoms with Crippen molar-refractivity contribution in [1.82, 2.24) is 34.9 Å². The lowest BCUT2D eigenvalue weighted by Crippen LogP contribution is -2.44. The van der Waals surface area contributed by atoms with Crippen LogP contribution < -0.4 is 4.74 Å². The van der Waals surface area contributed by atoms with Crippen molar-refractivity contribution in [3.63, 3.8) is 0 Å². The van der Waals surface area contributed by atoms with Crippen molar-refractivity contribution in [2.45, 2.75) is 63.7 Å². The van der Waals surface area contributed by atoms with Crippen molar-refractivity contribution in [2.75, 3.05) is 7.11 Å². The minimum absolute atomic E-state index is 0.0793. The highest BCUT2D eigenvalue weighted by Crippen LogP contribution is 2.32. The van der Waals surface area contributed by atoms with E-state index in [1.807, 2.05) is 60.9 Å². The first-order chi connectivity index (χ1) is 19.0. The van der Waals surface area contributed by atoms with E-state index in [0.29, 0.717) is 35.9 Å². The average Bonchev–Trinajstić information content (AvgIpc) is 3.60. The maximum atomic E-state index is 12.6. The number of benzene rings is 2. The molecule has 4 aromatic rings. The second kappa shape index (κ2) is 12.3. The molecule has 1 amide bonds. The molecule has 2 aromatic carbocycles. The Morgan fingerprint density at radius 3 is 2.46 bits per heavy atom. The first kappa shape index (κ1) is 26.7. The van der Waals surface area contributed by atoms with E-state index in [1.54, 1.807) is 21.4 Å². The molecule has 39 heavy (non-hydrogen) atoms. The normalized spacial score (nSPS) is 14.7. The number of rotatable bonds is 10. The molecule has 0 bridgehead atoms. The molecule has 204 valence electrons. The molecule has 0 aliphatic heterocycles. The summed E-state index contributed by atoms with van der Waals surface area (Å²) < 4.78 is 8.69. The third-order valence-electron chi connectivity index (χ3n) is 7.20. The van der Waals surface area contributed by atoms with Crippen LogP contribution in [0, 0.1) is 0 Å². The van der Waals surface area contributed by atoms with Gasteiger partial charge in [-0.05, 0) is 42.2 Å². The molecule has 11 heteroatoms. The molecule has 0 spiro atoms. The summed E-state index contributed by atoms with van der Waals surface area (Å²) >= 11 is 6.35. The number of nitrogens with zero attached hydrogens (tertiary/aromatic N) is 7. The van der Waals surface area contributed by atoms with E-state index >= 15 is 0 Å². The molecular weight excluding hydrogens is 518 g/mol. The lowest BCUT2D eigenvalue weighted by Gasteiger charge is -2.37. The third kappa shape index (κ3) is 6.57. The van der Waals surface area contributed by atoms with Crippen molar-refractivity contribution in [1.29, 1.82) is 0 Å². The summed E-state index contributed by atoms with van der Waals surface area (Å²) in [5, 5.41) is 28.4. The molecule has 2 aromatic heterocycles. The third-order valence-corrected chi connectivity index (χ3v) is 7.57. The zero-order valence-corrected chi connectivity index (χ0v) is 22.6. The second-order valence-corrected chi connectivity index (χ2v) is 10.3. The van der Waals surface area contributed by atoms with E-state index in [0.717, 1.165) is 49.0 Å². The van der Waals surface area contributed by atoms with Gasteiger partial charge < -0.3 is 9.84 Å². The molecule has 5 rings (SSSR count). The first-order valence-electron chi connectivity index (χ1n) is 13.2. The Balaban J connectivity index is 1.40. The molecule has 1 saturated carbocycles. The number of amides is 1. The van der Waals surface area contributed by atoms with Crippen molar-refractivity contribution in [3.8, 4) is 5.75 Å². The van der Waals surface area contributed by atoms with Crippen LogP contribution in [-0.2, 0) is 19.5 Å². The molecular formula is C28H32ClN7O3. The molecule has 1 aliphatic rings. The zero-order chi connectivity index (χ0) is 27.2. The van der Waals surface area contributed by atoms with Gasteiger partial charge in [-0.1, -0.05) is 71.6 Å². The van der Waals surface area contributed by atoms with Crippen LogP contribution in [0.15, 0.2) is 60.9 Å². The summed E-state index contributed by atoms with van der Waals surface area (Å²) in [5.41, 5.74) is 3.24. The highest BCUT2D eigenvalue weighted by molar-refractivity contribution is 6.31. The van der Waals surface area contributed by atoms with Gasteiger partial charge in [0.25, 0.3) is 0 Å². The Labute approximate surface area is 232 Å². The molecule has 2 heterocycles. The quantitative estimate of drug-likeness (QED) is 0.288. The number of methoxy groups -OCH3 is 1. The number of hydrogen-bond acceptors (Lipinski definition) is 6. The summed E-state index contributed by atoms with van der Waals surface area (Å²) in [6.07, 6.45) is 7.88. The van der Waals surface area contributed by atoms with Crippen LogP contribution >= 0.6 is 11.6 Å². The summed E-state index contributed by atoms with van der Waals surface area (Å²) in [6, 6.07) is 14.7. The maximum Gasteiger partial charge on any atom is 0.408 e. The fourth-order valence-corrected chi connectivity index (χ4v) is 5.41. The average molecular weight is 550 g/mol. The number of carboxylic acid groups (broad SMARTS) is 1. The minimum Gasteiger partial charge on any atom is -0.497 e. The highest BCUT2D eigenvalue weighted by Gasteiger charge is 2.35. The smallest absolute Gasteiger partial charge is 0.408 e.